The van der Waals surface area contributed by atoms with E-state index in [1.807, 2.05) is 0 Å². The highest BCUT2D eigenvalue weighted by molar-refractivity contribution is 5.23. The first-order chi connectivity index (χ1) is 18.0. The standard InChI is InChI=1S/C34H64N4O/c1-31(2,3)15-18-37-20-22-38(23-21-37)19-17-36-34(9,10)28-33(7,8)35-16-12-24-39-27-30-14-11-13-29(25-30)26-32(4,5)6/h11,13-14,25,35-36H,12,15-24,26-28H2,1-10H3. The van der Waals surface area contributed by atoms with E-state index in [-0.39, 0.29) is 11.1 Å². The fourth-order valence-electron chi connectivity index (χ4n) is 5.75. The van der Waals surface area contributed by atoms with Crippen molar-refractivity contribution in [2.45, 2.75) is 113 Å². The third-order valence-electron chi connectivity index (χ3n) is 7.62. The summed E-state index contributed by atoms with van der Waals surface area (Å²) >= 11 is 0. The van der Waals surface area contributed by atoms with Gasteiger partial charge in [0.1, 0.15) is 0 Å². The lowest BCUT2D eigenvalue weighted by molar-refractivity contribution is 0.114. The molecule has 1 heterocycles. The van der Waals surface area contributed by atoms with Gasteiger partial charge < -0.3 is 20.3 Å². The van der Waals surface area contributed by atoms with Crippen LogP contribution in [-0.4, -0.2) is 79.8 Å². The summed E-state index contributed by atoms with van der Waals surface area (Å²) in [6.07, 6.45) is 4.49. The van der Waals surface area contributed by atoms with Crippen LogP contribution in [0.5, 0.6) is 0 Å². The number of hydrogen-bond acceptors (Lipinski definition) is 5. The van der Waals surface area contributed by atoms with Gasteiger partial charge in [-0.1, -0.05) is 65.8 Å². The van der Waals surface area contributed by atoms with E-state index in [1.165, 1.54) is 50.3 Å². The maximum absolute atomic E-state index is 6.01. The zero-order valence-corrected chi connectivity index (χ0v) is 27.5. The molecule has 1 aliphatic rings. The van der Waals surface area contributed by atoms with Crippen molar-refractivity contribution in [1.29, 1.82) is 0 Å². The van der Waals surface area contributed by atoms with Crippen LogP contribution in [0.15, 0.2) is 24.3 Å². The van der Waals surface area contributed by atoms with Crippen LogP contribution in [0.4, 0.5) is 0 Å². The second kappa shape index (κ2) is 15.3. The molecule has 1 saturated heterocycles. The lowest BCUT2D eigenvalue weighted by Gasteiger charge is -2.38. The lowest BCUT2D eigenvalue weighted by atomic mass is 9.86. The summed E-state index contributed by atoms with van der Waals surface area (Å²) in [7, 11) is 0. The Labute approximate surface area is 242 Å². The number of nitrogens with zero attached hydrogens (tertiary/aromatic N) is 2. The van der Waals surface area contributed by atoms with Crippen LogP contribution >= 0.6 is 0 Å². The molecule has 0 spiro atoms. The van der Waals surface area contributed by atoms with Gasteiger partial charge in [-0.3, -0.25) is 4.90 Å². The Morgan fingerprint density at radius 2 is 1.28 bits per heavy atom. The highest BCUT2D eigenvalue weighted by Crippen LogP contribution is 2.22. The molecule has 1 aromatic carbocycles. The molecule has 0 saturated carbocycles. The maximum atomic E-state index is 6.01. The SMILES string of the molecule is CC(C)(C)CCN1CCN(CCNC(C)(C)CC(C)(C)NCCCOCc2cccc(CC(C)(C)C)c2)CC1. The van der Waals surface area contributed by atoms with Crippen LogP contribution < -0.4 is 10.6 Å². The molecule has 2 N–H and O–H groups in total. The van der Waals surface area contributed by atoms with Crippen molar-refractivity contribution in [3.8, 4) is 0 Å². The number of hydrogen-bond donors (Lipinski definition) is 2. The van der Waals surface area contributed by atoms with Crippen LogP contribution in [0.1, 0.15) is 99.6 Å². The molecule has 2 rings (SSSR count). The first-order valence-corrected chi connectivity index (χ1v) is 15.6. The van der Waals surface area contributed by atoms with Crippen LogP contribution in [0, 0.1) is 10.8 Å². The zero-order chi connectivity index (χ0) is 29.2. The highest BCUT2D eigenvalue weighted by Gasteiger charge is 2.28. The summed E-state index contributed by atoms with van der Waals surface area (Å²) in [6.45, 7) is 34.0. The molecule has 0 bridgehead atoms. The van der Waals surface area contributed by atoms with Gasteiger partial charge in [0, 0.05) is 57.0 Å². The third kappa shape index (κ3) is 16.2. The molecule has 0 radical (unpaired) electrons. The maximum Gasteiger partial charge on any atom is 0.0716 e. The molecule has 0 aromatic heterocycles. The summed E-state index contributed by atoms with van der Waals surface area (Å²) in [5.41, 5.74) is 3.60. The van der Waals surface area contributed by atoms with Crippen molar-refractivity contribution in [1.82, 2.24) is 20.4 Å². The van der Waals surface area contributed by atoms with Crippen molar-refractivity contribution in [2.75, 3.05) is 59.0 Å². The molecule has 5 nitrogen and oxygen atoms in total. The van der Waals surface area contributed by atoms with Gasteiger partial charge >= 0.3 is 0 Å². The predicted octanol–water partition coefficient (Wildman–Crippen LogP) is 6.36. The minimum absolute atomic E-state index is 0.0798. The van der Waals surface area contributed by atoms with Crippen molar-refractivity contribution in [2.24, 2.45) is 10.8 Å². The van der Waals surface area contributed by atoms with E-state index in [0.717, 1.165) is 45.5 Å². The Kier molecular flexibility index (Phi) is 13.4. The Balaban J connectivity index is 1.58. The zero-order valence-electron chi connectivity index (χ0n) is 27.5. The van der Waals surface area contributed by atoms with Gasteiger partial charge in [0.25, 0.3) is 0 Å². The minimum Gasteiger partial charge on any atom is -0.377 e. The van der Waals surface area contributed by atoms with E-state index in [2.05, 4.69) is 114 Å². The smallest absolute Gasteiger partial charge is 0.0716 e. The molecule has 0 amide bonds. The number of ether oxygens (including phenoxy) is 1. The first kappa shape index (κ1) is 34.2. The van der Waals surface area contributed by atoms with Crippen molar-refractivity contribution >= 4 is 0 Å². The summed E-state index contributed by atoms with van der Waals surface area (Å²) in [4.78, 5) is 5.27. The monoisotopic (exact) mass is 545 g/mol. The normalized spacial score (nSPS) is 16.7. The highest BCUT2D eigenvalue weighted by atomic mass is 16.5. The van der Waals surface area contributed by atoms with Gasteiger partial charge in [0.15, 0.2) is 0 Å². The summed E-state index contributed by atoms with van der Waals surface area (Å²) in [5.74, 6) is 0. The van der Waals surface area contributed by atoms with E-state index in [1.54, 1.807) is 0 Å². The van der Waals surface area contributed by atoms with Gasteiger partial charge in [-0.15, -0.1) is 0 Å². The molecule has 39 heavy (non-hydrogen) atoms. The lowest BCUT2D eigenvalue weighted by Crippen LogP contribution is -2.53. The van der Waals surface area contributed by atoms with Crippen LogP contribution in [0.25, 0.3) is 0 Å². The predicted molar refractivity (Wildman–Crippen MR) is 170 cm³/mol. The molecular formula is C34H64N4O. The number of piperazine rings is 1. The summed E-state index contributed by atoms with van der Waals surface area (Å²) in [6, 6.07) is 8.87. The number of benzene rings is 1. The number of nitrogens with one attached hydrogen (secondary N) is 2. The van der Waals surface area contributed by atoms with E-state index < -0.39 is 0 Å². The van der Waals surface area contributed by atoms with Crippen LogP contribution in [-0.2, 0) is 17.8 Å². The quantitative estimate of drug-likeness (QED) is 0.237. The van der Waals surface area contributed by atoms with E-state index in [9.17, 15) is 0 Å². The fraction of sp³-hybridized carbons (Fsp3) is 0.824. The fourth-order valence-corrected chi connectivity index (χ4v) is 5.75. The molecular weight excluding hydrogens is 480 g/mol. The van der Waals surface area contributed by atoms with E-state index >= 15 is 0 Å². The third-order valence-corrected chi connectivity index (χ3v) is 7.62. The Morgan fingerprint density at radius 1 is 0.718 bits per heavy atom. The van der Waals surface area contributed by atoms with Crippen LogP contribution in [0.3, 0.4) is 0 Å². The second-order valence-corrected chi connectivity index (χ2v) is 15.8. The molecule has 0 unspecified atom stereocenters. The minimum atomic E-state index is 0.0798. The summed E-state index contributed by atoms with van der Waals surface area (Å²) < 4.78 is 6.01. The first-order valence-electron chi connectivity index (χ1n) is 15.6. The molecule has 1 fully saturated rings. The van der Waals surface area contributed by atoms with Gasteiger partial charge in [-0.25, -0.2) is 0 Å². The Morgan fingerprint density at radius 3 is 1.87 bits per heavy atom. The van der Waals surface area contributed by atoms with Crippen molar-refractivity contribution in [3.63, 3.8) is 0 Å². The number of rotatable bonds is 16. The molecule has 1 aromatic rings. The summed E-state index contributed by atoms with van der Waals surface area (Å²) in [5, 5.41) is 7.63. The van der Waals surface area contributed by atoms with Crippen molar-refractivity contribution in [3.05, 3.63) is 35.4 Å². The van der Waals surface area contributed by atoms with Crippen LogP contribution in [0.2, 0.25) is 0 Å². The van der Waals surface area contributed by atoms with Gasteiger partial charge in [0.2, 0.25) is 0 Å². The molecule has 1 aliphatic heterocycles. The van der Waals surface area contributed by atoms with Gasteiger partial charge in [-0.2, -0.15) is 0 Å². The van der Waals surface area contributed by atoms with E-state index in [0.29, 0.717) is 17.4 Å². The average molecular weight is 545 g/mol. The average Bonchev–Trinajstić information content (AvgIpc) is 2.78. The second-order valence-electron chi connectivity index (χ2n) is 15.8. The largest absolute Gasteiger partial charge is 0.377 e. The molecule has 226 valence electrons. The van der Waals surface area contributed by atoms with Crippen molar-refractivity contribution < 1.29 is 4.74 Å². The topological polar surface area (TPSA) is 39.8 Å². The molecule has 0 atom stereocenters. The Hall–Kier alpha value is -0.980. The van der Waals surface area contributed by atoms with E-state index in [4.69, 9.17) is 4.74 Å². The Bertz CT molecular complexity index is 813. The molecule has 5 heteroatoms. The van der Waals surface area contributed by atoms with Gasteiger partial charge in [0.05, 0.1) is 6.61 Å². The molecule has 0 aliphatic carbocycles. The van der Waals surface area contributed by atoms with Gasteiger partial charge in [-0.05, 0) is 88.4 Å².